The minimum absolute atomic E-state index is 0.00538. The number of nitrogens with zero attached hydrogens (tertiary/aromatic N) is 2. The smallest absolute Gasteiger partial charge is 0.254 e. The molecule has 9 heteroatoms. The molecule has 7 nitrogen and oxygen atoms in total. The van der Waals surface area contributed by atoms with Gasteiger partial charge in [0.15, 0.2) is 15.0 Å². The molecule has 0 spiro atoms. The number of rotatable bonds is 5. The second-order valence-corrected chi connectivity index (χ2v) is 9.08. The normalized spacial score (nSPS) is 17.3. The Balaban J connectivity index is 1.75. The Morgan fingerprint density at radius 2 is 2.04 bits per heavy atom. The highest BCUT2D eigenvalue weighted by Crippen LogP contribution is 2.23. The third kappa shape index (κ3) is 3.78. The van der Waals surface area contributed by atoms with Crippen molar-refractivity contribution in [2.24, 2.45) is 0 Å². The van der Waals surface area contributed by atoms with Gasteiger partial charge in [-0.3, -0.25) is 9.59 Å². The molecular weight excluding hydrogens is 374 g/mol. The molecule has 0 bridgehead atoms. The molecule has 1 fully saturated rings. The number of likely N-dealkylation sites (tertiary alicyclic amines) is 1. The fourth-order valence-electron chi connectivity index (χ4n) is 2.89. The van der Waals surface area contributed by atoms with E-state index in [0.717, 1.165) is 6.42 Å². The lowest BCUT2D eigenvalue weighted by Gasteiger charge is -2.23. The molecule has 1 aromatic carbocycles. The first-order valence-corrected chi connectivity index (χ1v) is 10.8. The maximum Gasteiger partial charge on any atom is 0.254 e. The van der Waals surface area contributed by atoms with Crippen LogP contribution < -0.4 is 5.32 Å². The number of aromatic nitrogens is 1. The van der Waals surface area contributed by atoms with E-state index in [2.05, 4.69) is 10.3 Å². The van der Waals surface area contributed by atoms with E-state index in [-0.39, 0.29) is 22.5 Å². The second-order valence-electron chi connectivity index (χ2n) is 5.91. The predicted molar refractivity (Wildman–Crippen MR) is 99.0 cm³/mol. The molecule has 1 aliphatic heterocycles. The van der Waals surface area contributed by atoms with Gasteiger partial charge in [0, 0.05) is 23.7 Å². The Morgan fingerprint density at radius 1 is 1.31 bits per heavy atom. The number of sulfone groups is 1. The van der Waals surface area contributed by atoms with Crippen molar-refractivity contribution in [2.75, 3.05) is 17.6 Å². The van der Waals surface area contributed by atoms with Crippen molar-refractivity contribution in [2.45, 2.75) is 30.7 Å². The number of benzene rings is 1. The van der Waals surface area contributed by atoms with Crippen LogP contribution in [0.3, 0.4) is 0 Å². The summed E-state index contributed by atoms with van der Waals surface area (Å²) >= 11 is 1.32. The molecule has 0 saturated carbocycles. The van der Waals surface area contributed by atoms with E-state index in [1.165, 1.54) is 40.5 Å². The summed E-state index contributed by atoms with van der Waals surface area (Å²) in [6, 6.07) is 5.32. The van der Waals surface area contributed by atoms with Gasteiger partial charge in [-0.05, 0) is 37.1 Å². The van der Waals surface area contributed by atoms with Crippen LogP contribution in [0.2, 0.25) is 0 Å². The summed E-state index contributed by atoms with van der Waals surface area (Å²) in [5.41, 5.74) is 0.369. The lowest BCUT2D eigenvalue weighted by molar-refractivity contribution is -0.119. The van der Waals surface area contributed by atoms with Gasteiger partial charge in [0.25, 0.3) is 5.91 Å². The monoisotopic (exact) mass is 393 g/mol. The van der Waals surface area contributed by atoms with Crippen molar-refractivity contribution < 1.29 is 18.0 Å². The minimum Gasteiger partial charge on any atom is -0.327 e. The molecule has 26 heavy (non-hydrogen) atoms. The molecular formula is C17H19N3O4S2. The van der Waals surface area contributed by atoms with E-state index >= 15 is 0 Å². The molecule has 138 valence electrons. The molecule has 1 atom stereocenters. The van der Waals surface area contributed by atoms with Gasteiger partial charge in [0.1, 0.15) is 6.04 Å². The van der Waals surface area contributed by atoms with Crippen LogP contribution in [0.15, 0.2) is 40.7 Å². The van der Waals surface area contributed by atoms with Crippen molar-refractivity contribution in [1.29, 1.82) is 0 Å². The van der Waals surface area contributed by atoms with Crippen LogP contribution in [0, 0.1) is 0 Å². The van der Waals surface area contributed by atoms with Gasteiger partial charge >= 0.3 is 0 Å². The highest BCUT2D eigenvalue weighted by molar-refractivity contribution is 7.91. The van der Waals surface area contributed by atoms with Crippen LogP contribution in [0.5, 0.6) is 0 Å². The van der Waals surface area contributed by atoms with E-state index in [4.69, 9.17) is 0 Å². The fourth-order valence-corrected chi connectivity index (χ4v) is 4.31. The van der Waals surface area contributed by atoms with Crippen molar-refractivity contribution >= 4 is 38.1 Å². The molecule has 3 rings (SSSR count). The van der Waals surface area contributed by atoms with Gasteiger partial charge in [0.05, 0.1) is 10.6 Å². The zero-order chi connectivity index (χ0) is 18.7. The minimum atomic E-state index is -3.31. The number of carbonyl (C=O) groups is 2. The van der Waals surface area contributed by atoms with Crippen LogP contribution in [-0.2, 0) is 14.6 Å². The number of thiazole rings is 1. The van der Waals surface area contributed by atoms with Crippen molar-refractivity contribution in [3.05, 3.63) is 41.4 Å². The van der Waals surface area contributed by atoms with Gasteiger partial charge in [-0.15, -0.1) is 11.3 Å². The third-order valence-electron chi connectivity index (χ3n) is 4.32. The van der Waals surface area contributed by atoms with Gasteiger partial charge in [-0.1, -0.05) is 6.92 Å². The molecule has 2 amide bonds. The third-order valence-corrected chi connectivity index (χ3v) is 6.76. The Labute approximate surface area is 156 Å². The van der Waals surface area contributed by atoms with Crippen LogP contribution in [0.4, 0.5) is 5.13 Å². The topological polar surface area (TPSA) is 96.4 Å². The Hall–Kier alpha value is -2.26. The summed E-state index contributed by atoms with van der Waals surface area (Å²) in [7, 11) is -3.31. The first-order chi connectivity index (χ1) is 12.4. The average Bonchev–Trinajstić information content (AvgIpc) is 3.32. The first-order valence-electron chi connectivity index (χ1n) is 8.26. The molecule has 1 aromatic heterocycles. The number of carbonyl (C=O) groups excluding carboxylic acids is 2. The molecule has 2 heterocycles. The summed E-state index contributed by atoms with van der Waals surface area (Å²) < 4.78 is 23.8. The number of anilines is 1. The molecule has 1 saturated heterocycles. The largest absolute Gasteiger partial charge is 0.327 e. The van der Waals surface area contributed by atoms with Gasteiger partial charge in [0.2, 0.25) is 5.91 Å². The zero-order valence-electron chi connectivity index (χ0n) is 14.2. The molecule has 2 aromatic rings. The van der Waals surface area contributed by atoms with Crippen molar-refractivity contribution in [3.63, 3.8) is 0 Å². The first kappa shape index (κ1) is 18.5. The highest BCUT2D eigenvalue weighted by atomic mass is 32.2. The number of nitrogens with one attached hydrogen (secondary N) is 1. The lowest BCUT2D eigenvalue weighted by atomic mass is 10.1. The summed E-state index contributed by atoms with van der Waals surface area (Å²) in [5.74, 6) is -0.524. The zero-order valence-corrected chi connectivity index (χ0v) is 15.8. The van der Waals surface area contributed by atoms with Gasteiger partial charge in [-0.2, -0.15) is 0 Å². The number of hydrogen-bond acceptors (Lipinski definition) is 6. The maximum absolute atomic E-state index is 12.8. The highest BCUT2D eigenvalue weighted by Gasteiger charge is 2.34. The Morgan fingerprint density at radius 3 is 2.65 bits per heavy atom. The van der Waals surface area contributed by atoms with Crippen molar-refractivity contribution in [1.82, 2.24) is 9.88 Å². The van der Waals surface area contributed by atoms with Gasteiger partial charge in [-0.25, -0.2) is 13.4 Å². The molecule has 1 N–H and O–H groups in total. The van der Waals surface area contributed by atoms with Crippen LogP contribution >= 0.6 is 11.3 Å². The standard InChI is InChI=1S/C17H19N3O4S2/c1-2-26(23,24)13-7-5-12(6-8-13)16(22)20-10-3-4-14(20)15(21)19-17-18-9-11-25-17/h5-9,11,14H,2-4,10H2,1H3,(H,18,19,21). The number of hydrogen-bond donors (Lipinski definition) is 1. The molecule has 0 aliphatic carbocycles. The van der Waals surface area contributed by atoms with Gasteiger partial charge < -0.3 is 10.2 Å². The molecule has 1 aliphatic rings. The average molecular weight is 393 g/mol. The summed E-state index contributed by atoms with van der Waals surface area (Å²) in [5, 5.41) is 5.00. The van der Waals surface area contributed by atoms with E-state index in [9.17, 15) is 18.0 Å². The predicted octanol–water partition coefficient (Wildman–Crippen LogP) is 2.18. The number of amides is 2. The molecule has 1 unspecified atom stereocenters. The molecule has 0 radical (unpaired) electrons. The summed E-state index contributed by atoms with van der Waals surface area (Å²) in [4.78, 5) is 31.0. The Kier molecular flexibility index (Phi) is 5.38. The van der Waals surface area contributed by atoms with E-state index in [1.54, 1.807) is 18.5 Å². The maximum atomic E-state index is 12.8. The SMILES string of the molecule is CCS(=O)(=O)c1ccc(C(=O)N2CCCC2C(=O)Nc2nccs2)cc1. The van der Waals surface area contributed by atoms with E-state index in [1.807, 2.05) is 0 Å². The van der Waals surface area contributed by atoms with Crippen LogP contribution in [0.1, 0.15) is 30.1 Å². The Bertz CT molecular complexity index is 893. The second kappa shape index (κ2) is 7.55. The summed E-state index contributed by atoms with van der Waals surface area (Å²) in [6.45, 7) is 2.06. The van der Waals surface area contributed by atoms with E-state index < -0.39 is 15.9 Å². The fraction of sp³-hybridized carbons (Fsp3) is 0.353. The van der Waals surface area contributed by atoms with Crippen LogP contribution in [0.25, 0.3) is 0 Å². The summed E-state index contributed by atoms with van der Waals surface area (Å²) in [6.07, 6.45) is 2.93. The van der Waals surface area contributed by atoms with Crippen LogP contribution in [-0.4, -0.2) is 48.5 Å². The quantitative estimate of drug-likeness (QED) is 0.840. The lowest BCUT2D eigenvalue weighted by Crippen LogP contribution is -2.43. The van der Waals surface area contributed by atoms with Crippen molar-refractivity contribution in [3.8, 4) is 0 Å². The van der Waals surface area contributed by atoms with E-state index in [0.29, 0.717) is 23.7 Å².